The van der Waals surface area contributed by atoms with Crippen molar-refractivity contribution in [2.45, 2.75) is 44.7 Å². The number of benzene rings is 1. The van der Waals surface area contributed by atoms with Crippen molar-refractivity contribution in [3.05, 3.63) is 47.4 Å². The van der Waals surface area contributed by atoms with Gasteiger partial charge in [-0.15, -0.1) is 0 Å². The topological polar surface area (TPSA) is 74.8 Å². The fourth-order valence-electron chi connectivity index (χ4n) is 2.07. The van der Waals surface area contributed by atoms with E-state index in [0.717, 1.165) is 12.0 Å². The van der Waals surface area contributed by atoms with E-state index in [9.17, 15) is 8.42 Å². The molecule has 5 nitrogen and oxygen atoms in total. The van der Waals surface area contributed by atoms with Gasteiger partial charge in [0.25, 0.3) is 10.0 Å². The highest BCUT2D eigenvalue weighted by Crippen LogP contribution is 2.17. The molecule has 2 rings (SSSR count). The molecule has 1 unspecified atom stereocenters. The number of nitrogens with one attached hydrogen (secondary N) is 2. The van der Waals surface area contributed by atoms with Crippen LogP contribution >= 0.6 is 0 Å². The zero-order valence-electron chi connectivity index (χ0n) is 12.6. The predicted octanol–water partition coefficient (Wildman–Crippen LogP) is 2.57. The van der Waals surface area contributed by atoms with E-state index >= 15 is 0 Å². The Morgan fingerprint density at radius 2 is 1.86 bits per heavy atom. The van der Waals surface area contributed by atoms with E-state index in [1.54, 1.807) is 0 Å². The lowest BCUT2D eigenvalue weighted by Crippen LogP contribution is -2.27. The molecule has 0 bridgehead atoms. The first-order valence-electron chi connectivity index (χ1n) is 7.11. The highest BCUT2D eigenvalue weighted by Gasteiger charge is 2.20. The minimum atomic E-state index is -3.58. The summed E-state index contributed by atoms with van der Waals surface area (Å²) in [6, 6.07) is 7.65. The molecule has 0 saturated heterocycles. The standard InChI is InChI=1S/C15H21N3O2S/c1-4-12-6-8-13(9-7-12)11(3)18-21(19,20)15-10-16-14(5-2)17-15/h6-11,18H,4-5H2,1-3H3,(H,16,17). The van der Waals surface area contributed by atoms with E-state index in [1.165, 1.54) is 11.8 Å². The Bertz CT molecular complexity index is 690. The van der Waals surface area contributed by atoms with Crippen LogP contribution < -0.4 is 4.72 Å². The van der Waals surface area contributed by atoms with E-state index in [0.29, 0.717) is 12.2 Å². The summed E-state index contributed by atoms with van der Waals surface area (Å²) in [7, 11) is -3.58. The molecule has 1 atom stereocenters. The molecule has 21 heavy (non-hydrogen) atoms. The van der Waals surface area contributed by atoms with Gasteiger partial charge in [-0.3, -0.25) is 0 Å². The number of sulfonamides is 1. The number of nitrogens with zero attached hydrogens (tertiary/aromatic N) is 1. The molecule has 0 aliphatic rings. The highest BCUT2D eigenvalue weighted by atomic mass is 32.2. The second-order valence-electron chi connectivity index (χ2n) is 4.99. The maximum atomic E-state index is 12.3. The molecule has 0 aliphatic carbocycles. The maximum Gasteiger partial charge on any atom is 0.258 e. The van der Waals surface area contributed by atoms with Gasteiger partial charge in [0.05, 0.1) is 6.20 Å². The average molecular weight is 307 g/mol. The molecule has 0 spiro atoms. The zero-order chi connectivity index (χ0) is 15.5. The molecule has 1 aromatic heterocycles. The molecule has 2 aromatic rings. The SMILES string of the molecule is CCc1ccc(C(C)NS(=O)(=O)c2cnc(CC)[nH]2)cc1. The van der Waals surface area contributed by atoms with E-state index in [1.807, 2.05) is 38.1 Å². The number of hydrogen-bond donors (Lipinski definition) is 2. The van der Waals surface area contributed by atoms with Gasteiger partial charge in [0.2, 0.25) is 0 Å². The summed E-state index contributed by atoms with van der Waals surface area (Å²) >= 11 is 0. The van der Waals surface area contributed by atoms with Crippen LogP contribution in [0, 0.1) is 0 Å². The van der Waals surface area contributed by atoms with Gasteiger partial charge in [0.15, 0.2) is 5.03 Å². The Hall–Kier alpha value is -1.66. The first-order valence-corrected chi connectivity index (χ1v) is 8.59. The van der Waals surface area contributed by atoms with Gasteiger partial charge in [-0.25, -0.2) is 18.1 Å². The molecule has 114 valence electrons. The van der Waals surface area contributed by atoms with E-state index in [2.05, 4.69) is 21.6 Å². The third kappa shape index (κ3) is 3.71. The molecule has 2 N–H and O–H groups in total. The van der Waals surface area contributed by atoms with Crippen LogP contribution in [0.2, 0.25) is 0 Å². The van der Waals surface area contributed by atoms with Crippen molar-refractivity contribution >= 4 is 10.0 Å². The lowest BCUT2D eigenvalue weighted by atomic mass is 10.1. The number of aromatic amines is 1. The zero-order valence-corrected chi connectivity index (χ0v) is 13.4. The van der Waals surface area contributed by atoms with Crippen molar-refractivity contribution in [2.75, 3.05) is 0 Å². The third-order valence-corrected chi connectivity index (χ3v) is 4.90. The molecule has 0 fully saturated rings. The first kappa shape index (κ1) is 15.7. The predicted molar refractivity (Wildman–Crippen MR) is 82.5 cm³/mol. The molecule has 6 heteroatoms. The van der Waals surface area contributed by atoms with E-state index in [-0.39, 0.29) is 11.1 Å². The molecule has 0 saturated carbocycles. The molecular formula is C15H21N3O2S. The summed E-state index contributed by atoms with van der Waals surface area (Å²) in [6.07, 6.45) is 2.99. The summed E-state index contributed by atoms with van der Waals surface area (Å²) in [5, 5.41) is 0.108. The Labute approximate surface area is 125 Å². The molecule has 0 radical (unpaired) electrons. The quantitative estimate of drug-likeness (QED) is 0.861. The number of aromatic nitrogens is 2. The Kier molecular flexibility index (Phi) is 4.80. The molecular weight excluding hydrogens is 286 g/mol. The van der Waals surface area contributed by atoms with Gasteiger partial charge in [0.1, 0.15) is 5.82 Å². The van der Waals surface area contributed by atoms with Crippen LogP contribution in [-0.4, -0.2) is 18.4 Å². The summed E-state index contributed by atoms with van der Waals surface area (Å²) in [4.78, 5) is 6.85. The lowest BCUT2D eigenvalue weighted by Gasteiger charge is -2.14. The maximum absolute atomic E-state index is 12.3. The normalized spacial score (nSPS) is 13.3. The lowest BCUT2D eigenvalue weighted by molar-refractivity contribution is 0.563. The third-order valence-electron chi connectivity index (χ3n) is 3.45. The summed E-state index contributed by atoms with van der Waals surface area (Å²) in [5.41, 5.74) is 2.17. The number of hydrogen-bond acceptors (Lipinski definition) is 3. The van der Waals surface area contributed by atoms with Crippen molar-refractivity contribution < 1.29 is 8.42 Å². The van der Waals surface area contributed by atoms with Crippen LogP contribution in [0.1, 0.15) is 43.8 Å². The molecule has 1 aromatic carbocycles. The minimum Gasteiger partial charge on any atom is -0.332 e. The minimum absolute atomic E-state index is 0.108. The van der Waals surface area contributed by atoms with Crippen molar-refractivity contribution in [3.63, 3.8) is 0 Å². The summed E-state index contributed by atoms with van der Waals surface area (Å²) in [5.74, 6) is 0.662. The largest absolute Gasteiger partial charge is 0.332 e. The Balaban J connectivity index is 2.14. The smallest absolute Gasteiger partial charge is 0.258 e. The van der Waals surface area contributed by atoms with E-state index in [4.69, 9.17) is 0 Å². The van der Waals surface area contributed by atoms with Crippen LogP contribution in [0.25, 0.3) is 0 Å². The Morgan fingerprint density at radius 1 is 1.19 bits per heavy atom. The van der Waals surface area contributed by atoms with Crippen LogP contribution in [0.4, 0.5) is 0 Å². The fourth-order valence-corrected chi connectivity index (χ4v) is 3.24. The number of imidazole rings is 1. The monoisotopic (exact) mass is 307 g/mol. The van der Waals surface area contributed by atoms with Crippen molar-refractivity contribution in [2.24, 2.45) is 0 Å². The highest BCUT2D eigenvalue weighted by molar-refractivity contribution is 7.89. The molecule has 0 amide bonds. The van der Waals surface area contributed by atoms with Crippen LogP contribution in [0.15, 0.2) is 35.5 Å². The van der Waals surface area contributed by atoms with Crippen molar-refractivity contribution in [1.29, 1.82) is 0 Å². The van der Waals surface area contributed by atoms with Gasteiger partial charge < -0.3 is 4.98 Å². The van der Waals surface area contributed by atoms with Crippen LogP contribution in [-0.2, 0) is 22.9 Å². The Morgan fingerprint density at radius 3 is 2.38 bits per heavy atom. The van der Waals surface area contributed by atoms with Crippen LogP contribution in [0.5, 0.6) is 0 Å². The van der Waals surface area contributed by atoms with Crippen LogP contribution in [0.3, 0.4) is 0 Å². The van der Waals surface area contributed by atoms with Gasteiger partial charge in [-0.2, -0.15) is 0 Å². The van der Waals surface area contributed by atoms with Gasteiger partial charge in [0, 0.05) is 12.5 Å². The first-order chi connectivity index (χ1) is 9.96. The van der Waals surface area contributed by atoms with Crippen molar-refractivity contribution in [1.82, 2.24) is 14.7 Å². The van der Waals surface area contributed by atoms with Gasteiger partial charge in [-0.05, 0) is 24.5 Å². The van der Waals surface area contributed by atoms with Gasteiger partial charge in [-0.1, -0.05) is 38.1 Å². The summed E-state index contributed by atoms with van der Waals surface area (Å²) in [6.45, 7) is 5.83. The van der Waals surface area contributed by atoms with Gasteiger partial charge >= 0.3 is 0 Å². The summed E-state index contributed by atoms with van der Waals surface area (Å²) < 4.78 is 27.2. The van der Waals surface area contributed by atoms with Crippen molar-refractivity contribution in [3.8, 4) is 0 Å². The second kappa shape index (κ2) is 6.41. The number of aryl methyl sites for hydroxylation is 2. The fraction of sp³-hybridized carbons (Fsp3) is 0.400. The average Bonchev–Trinajstić information content (AvgIpc) is 2.96. The molecule has 0 aliphatic heterocycles. The molecule has 1 heterocycles. The number of H-pyrrole nitrogens is 1. The van der Waals surface area contributed by atoms with E-state index < -0.39 is 10.0 Å². The number of rotatable bonds is 6. The second-order valence-corrected chi connectivity index (χ2v) is 6.67.